The molecule has 2 heterocycles. The van der Waals surface area contributed by atoms with Crippen LogP contribution in [0, 0.1) is 5.82 Å². The summed E-state index contributed by atoms with van der Waals surface area (Å²) in [6.45, 7) is 3.76. The number of hydrogen-bond acceptors (Lipinski definition) is 4. The van der Waals surface area contributed by atoms with Crippen LogP contribution in [-0.4, -0.2) is 21.7 Å². The highest BCUT2D eigenvalue weighted by atomic mass is 35.5. The normalized spacial score (nSPS) is 14.8. The minimum absolute atomic E-state index is 0.0938. The van der Waals surface area contributed by atoms with Crippen LogP contribution in [0.4, 0.5) is 10.1 Å². The molecule has 0 bridgehead atoms. The van der Waals surface area contributed by atoms with Crippen LogP contribution < -0.4 is 15.1 Å². The SMILES string of the molecule is CCCSc1n[n+]2c(c(=O)[nH]1)-c1ccccc1N(C(=O)CC)[C@@H]2c1c(F)cccc1Cl. The molecule has 6 nitrogen and oxygen atoms in total. The van der Waals surface area contributed by atoms with Crippen molar-refractivity contribution < 1.29 is 13.9 Å². The number of aromatic nitrogens is 3. The molecule has 0 radical (unpaired) electrons. The van der Waals surface area contributed by atoms with E-state index < -0.39 is 12.0 Å². The Labute approximate surface area is 188 Å². The van der Waals surface area contributed by atoms with Crippen LogP contribution in [0.25, 0.3) is 11.3 Å². The average molecular weight is 460 g/mol. The topological polar surface area (TPSA) is 69.9 Å². The summed E-state index contributed by atoms with van der Waals surface area (Å²) in [6, 6.07) is 11.4. The molecule has 1 atom stereocenters. The number of rotatable bonds is 5. The molecule has 1 aliphatic heterocycles. The molecule has 31 heavy (non-hydrogen) atoms. The molecule has 1 amide bonds. The Kier molecular flexibility index (Phi) is 6.11. The van der Waals surface area contributed by atoms with Gasteiger partial charge in [-0.2, -0.15) is 0 Å². The van der Waals surface area contributed by atoms with Crippen LogP contribution in [0.1, 0.15) is 38.4 Å². The van der Waals surface area contributed by atoms with Crippen LogP contribution in [0.15, 0.2) is 52.4 Å². The van der Waals surface area contributed by atoms with E-state index in [1.807, 2.05) is 6.92 Å². The third kappa shape index (κ3) is 3.74. The van der Waals surface area contributed by atoms with E-state index in [2.05, 4.69) is 10.1 Å². The zero-order valence-corrected chi connectivity index (χ0v) is 18.6. The van der Waals surface area contributed by atoms with Gasteiger partial charge in [0, 0.05) is 17.3 Å². The number of H-pyrrole nitrogens is 1. The number of aromatic amines is 1. The highest BCUT2D eigenvalue weighted by molar-refractivity contribution is 7.99. The van der Waals surface area contributed by atoms with E-state index in [9.17, 15) is 9.59 Å². The van der Waals surface area contributed by atoms with Gasteiger partial charge in [-0.05, 0) is 35.4 Å². The van der Waals surface area contributed by atoms with E-state index in [1.165, 1.54) is 33.5 Å². The van der Waals surface area contributed by atoms with Crippen molar-refractivity contribution >= 4 is 35.0 Å². The first-order valence-corrected chi connectivity index (χ1v) is 11.4. The lowest BCUT2D eigenvalue weighted by atomic mass is 10.0. The summed E-state index contributed by atoms with van der Waals surface area (Å²) in [7, 11) is 0. The molecule has 0 spiro atoms. The van der Waals surface area contributed by atoms with Gasteiger partial charge < -0.3 is 0 Å². The lowest BCUT2D eigenvalue weighted by Gasteiger charge is -2.32. The summed E-state index contributed by atoms with van der Waals surface area (Å²) in [5.41, 5.74) is 1.05. The summed E-state index contributed by atoms with van der Waals surface area (Å²) < 4.78 is 16.5. The van der Waals surface area contributed by atoms with Crippen LogP contribution in [0.3, 0.4) is 0 Å². The minimum Gasteiger partial charge on any atom is -0.291 e. The van der Waals surface area contributed by atoms with E-state index >= 15 is 4.39 Å². The van der Waals surface area contributed by atoms with E-state index in [-0.39, 0.29) is 34.2 Å². The van der Waals surface area contributed by atoms with Crippen molar-refractivity contribution in [2.45, 2.75) is 38.0 Å². The summed E-state index contributed by atoms with van der Waals surface area (Å²) >= 11 is 7.81. The molecule has 1 N–H and O–H groups in total. The van der Waals surface area contributed by atoms with Gasteiger partial charge in [0.25, 0.3) is 6.17 Å². The number of carbonyl (C=O) groups excluding carboxylic acids is 1. The van der Waals surface area contributed by atoms with Gasteiger partial charge in [-0.15, -0.1) is 0 Å². The fourth-order valence-electron chi connectivity index (χ4n) is 3.69. The van der Waals surface area contributed by atoms with Crippen LogP contribution in [0.2, 0.25) is 5.02 Å². The smallest absolute Gasteiger partial charge is 0.291 e. The molecule has 9 heteroatoms. The largest absolute Gasteiger partial charge is 0.325 e. The Morgan fingerprint density at radius 2 is 2.03 bits per heavy atom. The monoisotopic (exact) mass is 459 g/mol. The molecule has 0 saturated carbocycles. The number of halogens is 2. The maximum Gasteiger partial charge on any atom is 0.325 e. The number of benzene rings is 2. The van der Waals surface area contributed by atoms with E-state index in [0.29, 0.717) is 16.4 Å². The predicted octanol–water partition coefficient (Wildman–Crippen LogP) is 4.32. The zero-order valence-electron chi connectivity index (χ0n) is 17.1. The fraction of sp³-hybridized carbons (Fsp3) is 0.273. The molecule has 1 aromatic heterocycles. The molecular weight excluding hydrogens is 439 g/mol. The van der Waals surface area contributed by atoms with Gasteiger partial charge in [0.15, 0.2) is 0 Å². The Balaban J connectivity index is 2.08. The first-order chi connectivity index (χ1) is 15.0. The Morgan fingerprint density at radius 1 is 1.26 bits per heavy atom. The Bertz CT molecular complexity index is 1200. The lowest BCUT2D eigenvalue weighted by Crippen LogP contribution is -2.61. The number of amides is 1. The average Bonchev–Trinajstić information content (AvgIpc) is 2.76. The maximum absolute atomic E-state index is 15.1. The number of fused-ring (bicyclic) bond motifs is 3. The second-order valence-corrected chi connectivity index (χ2v) is 8.54. The van der Waals surface area contributed by atoms with Gasteiger partial charge in [0.2, 0.25) is 11.1 Å². The molecule has 1 aliphatic rings. The standard InChI is InChI=1S/C22H20ClFN4O2S/c1-3-12-31-22-25-20(30)19-13-8-5-6-11-16(13)27(17(29)4-2)21(28(19)26-22)18-14(23)9-7-10-15(18)24/h5-11,21H,3-4,12H2,1-2H3/p+1/t21-/m0/s1. The zero-order chi connectivity index (χ0) is 22.1. The highest BCUT2D eigenvalue weighted by Gasteiger charge is 2.47. The van der Waals surface area contributed by atoms with Crippen molar-refractivity contribution in [2.24, 2.45) is 0 Å². The third-order valence-corrected chi connectivity index (χ3v) is 6.43. The number of nitrogens with one attached hydrogen (secondary N) is 1. The maximum atomic E-state index is 15.1. The molecule has 0 aliphatic carbocycles. The van der Waals surface area contributed by atoms with Crippen molar-refractivity contribution in [2.75, 3.05) is 10.7 Å². The van der Waals surface area contributed by atoms with Gasteiger partial charge in [-0.3, -0.25) is 14.6 Å². The van der Waals surface area contributed by atoms with Crippen molar-refractivity contribution in [3.05, 3.63) is 69.2 Å². The predicted molar refractivity (Wildman–Crippen MR) is 119 cm³/mol. The minimum atomic E-state index is -1.03. The van der Waals surface area contributed by atoms with E-state index in [1.54, 1.807) is 37.3 Å². The summed E-state index contributed by atoms with van der Waals surface area (Å²) in [5.74, 6) is -0.0597. The number of nitrogens with zero attached hydrogens (tertiary/aromatic N) is 3. The Morgan fingerprint density at radius 3 is 2.74 bits per heavy atom. The summed E-state index contributed by atoms with van der Waals surface area (Å²) in [4.78, 5) is 30.6. The van der Waals surface area contributed by atoms with Gasteiger partial charge >= 0.3 is 11.3 Å². The van der Waals surface area contributed by atoms with Crippen molar-refractivity contribution in [1.29, 1.82) is 0 Å². The van der Waals surface area contributed by atoms with Gasteiger partial charge in [0.05, 0.1) is 21.8 Å². The molecule has 0 fully saturated rings. The van der Waals surface area contributed by atoms with Gasteiger partial charge in [-0.1, -0.05) is 55.4 Å². The lowest BCUT2D eigenvalue weighted by molar-refractivity contribution is -0.763. The van der Waals surface area contributed by atoms with Crippen molar-refractivity contribution in [1.82, 2.24) is 10.1 Å². The van der Waals surface area contributed by atoms with E-state index in [4.69, 9.17) is 11.6 Å². The van der Waals surface area contributed by atoms with Crippen molar-refractivity contribution in [3.8, 4) is 11.3 Å². The van der Waals surface area contributed by atoms with Gasteiger partial charge in [-0.25, -0.2) is 9.29 Å². The number of para-hydroxylation sites is 1. The highest BCUT2D eigenvalue weighted by Crippen LogP contribution is 2.40. The molecule has 0 saturated heterocycles. The summed E-state index contributed by atoms with van der Waals surface area (Å²) in [6.07, 6.45) is 0.0457. The molecular formula is C22H21ClFN4O2S+. The molecule has 4 rings (SSSR count). The van der Waals surface area contributed by atoms with Crippen LogP contribution in [0.5, 0.6) is 0 Å². The third-order valence-electron chi connectivity index (χ3n) is 5.03. The van der Waals surface area contributed by atoms with E-state index in [0.717, 1.165) is 12.2 Å². The number of thioether (sulfide) groups is 1. The quantitative estimate of drug-likeness (QED) is 0.455. The number of carbonyl (C=O) groups is 1. The summed E-state index contributed by atoms with van der Waals surface area (Å²) in [5, 5.41) is 5.18. The fourth-order valence-corrected chi connectivity index (χ4v) is 4.66. The van der Waals surface area contributed by atoms with Gasteiger partial charge in [0.1, 0.15) is 5.82 Å². The second-order valence-electron chi connectivity index (χ2n) is 7.04. The van der Waals surface area contributed by atoms with Crippen LogP contribution in [-0.2, 0) is 4.79 Å². The number of anilines is 1. The van der Waals surface area contributed by atoms with Crippen molar-refractivity contribution in [3.63, 3.8) is 0 Å². The first kappa shape index (κ1) is 21.5. The second kappa shape index (κ2) is 8.80. The molecule has 0 unspecified atom stereocenters. The first-order valence-electron chi connectivity index (χ1n) is 10.0. The molecule has 160 valence electrons. The molecule has 3 aromatic rings. The van der Waals surface area contributed by atoms with Crippen LogP contribution >= 0.6 is 23.4 Å². The molecule has 2 aromatic carbocycles. The number of hydrogen-bond donors (Lipinski definition) is 1. The Hall–Kier alpha value is -2.71.